The SMILES string of the molecule is CNCC(C)OCc1ccc(OC)c(F)c1. The van der Waals surface area contributed by atoms with Gasteiger partial charge in [-0.25, -0.2) is 4.39 Å². The highest BCUT2D eigenvalue weighted by Crippen LogP contribution is 2.18. The maximum absolute atomic E-state index is 13.3. The highest BCUT2D eigenvalue weighted by atomic mass is 19.1. The molecule has 0 heterocycles. The molecule has 0 radical (unpaired) electrons. The second-order valence-corrected chi connectivity index (χ2v) is 3.65. The fourth-order valence-corrected chi connectivity index (χ4v) is 1.38. The van der Waals surface area contributed by atoms with Crippen LogP contribution >= 0.6 is 0 Å². The average Bonchev–Trinajstić information content (AvgIpc) is 2.27. The van der Waals surface area contributed by atoms with Crippen LogP contribution in [0.15, 0.2) is 18.2 Å². The van der Waals surface area contributed by atoms with Crippen molar-refractivity contribution in [2.45, 2.75) is 19.6 Å². The van der Waals surface area contributed by atoms with Gasteiger partial charge in [-0.2, -0.15) is 0 Å². The summed E-state index contributed by atoms with van der Waals surface area (Å²) in [4.78, 5) is 0. The summed E-state index contributed by atoms with van der Waals surface area (Å²) in [6.45, 7) is 3.15. The van der Waals surface area contributed by atoms with Gasteiger partial charge in [0.2, 0.25) is 0 Å². The Morgan fingerprint density at radius 3 is 2.75 bits per heavy atom. The van der Waals surface area contributed by atoms with Crippen LogP contribution in [0.4, 0.5) is 4.39 Å². The molecule has 1 unspecified atom stereocenters. The minimum atomic E-state index is -0.357. The number of ether oxygens (including phenoxy) is 2. The molecule has 1 atom stereocenters. The third kappa shape index (κ3) is 3.79. The van der Waals surface area contributed by atoms with Gasteiger partial charge in [-0.3, -0.25) is 0 Å². The van der Waals surface area contributed by atoms with Crippen molar-refractivity contribution < 1.29 is 13.9 Å². The van der Waals surface area contributed by atoms with Crippen LogP contribution in [0.3, 0.4) is 0 Å². The molecule has 0 bridgehead atoms. The lowest BCUT2D eigenvalue weighted by Gasteiger charge is -2.12. The molecule has 0 saturated heterocycles. The van der Waals surface area contributed by atoms with Crippen LogP contribution in [-0.2, 0) is 11.3 Å². The minimum Gasteiger partial charge on any atom is -0.494 e. The van der Waals surface area contributed by atoms with Gasteiger partial charge in [0.15, 0.2) is 11.6 Å². The Morgan fingerprint density at radius 2 is 2.19 bits per heavy atom. The highest BCUT2D eigenvalue weighted by molar-refractivity contribution is 5.28. The van der Waals surface area contributed by atoms with Gasteiger partial charge in [0, 0.05) is 6.54 Å². The van der Waals surface area contributed by atoms with Gasteiger partial charge in [-0.1, -0.05) is 6.07 Å². The zero-order chi connectivity index (χ0) is 12.0. The minimum absolute atomic E-state index is 0.107. The smallest absolute Gasteiger partial charge is 0.165 e. The molecular weight excluding hydrogens is 209 g/mol. The maximum Gasteiger partial charge on any atom is 0.165 e. The van der Waals surface area contributed by atoms with Crippen LogP contribution < -0.4 is 10.1 Å². The average molecular weight is 227 g/mol. The van der Waals surface area contributed by atoms with Gasteiger partial charge in [0.1, 0.15) is 0 Å². The van der Waals surface area contributed by atoms with Gasteiger partial charge in [-0.05, 0) is 31.7 Å². The van der Waals surface area contributed by atoms with E-state index in [9.17, 15) is 4.39 Å². The van der Waals surface area contributed by atoms with E-state index in [1.54, 1.807) is 12.1 Å². The zero-order valence-electron chi connectivity index (χ0n) is 9.92. The third-order valence-corrected chi connectivity index (χ3v) is 2.24. The number of rotatable bonds is 6. The Labute approximate surface area is 95.6 Å². The van der Waals surface area contributed by atoms with Crippen molar-refractivity contribution in [3.05, 3.63) is 29.6 Å². The van der Waals surface area contributed by atoms with Crippen LogP contribution in [0.25, 0.3) is 0 Å². The molecule has 0 aromatic heterocycles. The van der Waals surface area contributed by atoms with Crippen LogP contribution in [0.1, 0.15) is 12.5 Å². The van der Waals surface area contributed by atoms with E-state index in [1.165, 1.54) is 13.2 Å². The molecule has 16 heavy (non-hydrogen) atoms. The molecule has 0 aliphatic heterocycles. The summed E-state index contributed by atoms with van der Waals surface area (Å²) in [5.74, 6) is -0.100. The lowest BCUT2D eigenvalue weighted by Crippen LogP contribution is -2.23. The van der Waals surface area contributed by atoms with Gasteiger partial charge >= 0.3 is 0 Å². The van der Waals surface area contributed by atoms with Crippen molar-refractivity contribution in [3.8, 4) is 5.75 Å². The fourth-order valence-electron chi connectivity index (χ4n) is 1.38. The van der Waals surface area contributed by atoms with Crippen LogP contribution in [-0.4, -0.2) is 26.8 Å². The summed E-state index contributed by atoms with van der Waals surface area (Å²) in [5, 5.41) is 3.01. The number of nitrogens with one attached hydrogen (secondary N) is 1. The molecule has 0 amide bonds. The predicted molar refractivity (Wildman–Crippen MR) is 61.1 cm³/mol. The monoisotopic (exact) mass is 227 g/mol. The maximum atomic E-state index is 13.3. The van der Waals surface area contributed by atoms with Gasteiger partial charge in [0.25, 0.3) is 0 Å². The van der Waals surface area contributed by atoms with E-state index in [1.807, 2.05) is 14.0 Å². The molecule has 0 aliphatic rings. The van der Waals surface area contributed by atoms with E-state index in [4.69, 9.17) is 9.47 Å². The summed E-state index contributed by atoms with van der Waals surface area (Å²) in [6, 6.07) is 4.84. The number of halogens is 1. The number of benzene rings is 1. The van der Waals surface area contributed by atoms with Gasteiger partial charge in [0.05, 0.1) is 19.8 Å². The number of hydrogen-bond acceptors (Lipinski definition) is 3. The molecule has 0 aliphatic carbocycles. The first-order valence-corrected chi connectivity index (χ1v) is 5.26. The number of likely N-dealkylation sites (N-methyl/N-ethyl adjacent to an activating group) is 1. The van der Waals surface area contributed by atoms with Crippen LogP contribution in [0.2, 0.25) is 0 Å². The largest absolute Gasteiger partial charge is 0.494 e. The number of methoxy groups -OCH3 is 1. The van der Waals surface area contributed by atoms with Crippen molar-refractivity contribution in [1.29, 1.82) is 0 Å². The molecular formula is C12H18FNO2. The van der Waals surface area contributed by atoms with Gasteiger partial charge in [-0.15, -0.1) is 0 Å². The van der Waals surface area contributed by atoms with Gasteiger partial charge < -0.3 is 14.8 Å². The lowest BCUT2D eigenvalue weighted by atomic mass is 10.2. The Hall–Kier alpha value is -1.13. The van der Waals surface area contributed by atoms with E-state index >= 15 is 0 Å². The van der Waals surface area contributed by atoms with Crippen LogP contribution in [0, 0.1) is 5.82 Å². The number of hydrogen-bond donors (Lipinski definition) is 1. The van der Waals surface area contributed by atoms with E-state index in [0.717, 1.165) is 12.1 Å². The van der Waals surface area contributed by atoms with E-state index in [-0.39, 0.29) is 17.7 Å². The summed E-state index contributed by atoms with van der Waals surface area (Å²) < 4.78 is 23.7. The molecule has 3 nitrogen and oxygen atoms in total. The van der Waals surface area contributed by atoms with Crippen molar-refractivity contribution in [2.75, 3.05) is 20.7 Å². The Kier molecular flexibility index (Phi) is 5.22. The summed E-state index contributed by atoms with van der Waals surface area (Å²) >= 11 is 0. The molecule has 0 saturated carbocycles. The third-order valence-electron chi connectivity index (χ3n) is 2.24. The summed E-state index contributed by atoms with van der Waals surface area (Å²) in [5.41, 5.74) is 0.807. The first kappa shape index (κ1) is 12.9. The first-order valence-electron chi connectivity index (χ1n) is 5.26. The molecule has 0 spiro atoms. The van der Waals surface area contributed by atoms with Crippen molar-refractivity contribution in [2.24, 2.45) is 0 Å². The quantitative estimate of drug-likeness (QED) is 0.805. The van der Waals surface area contributed by atoms with E-state index in [2.05, 4.69) is 5.32 Å². The molecule has 0 fully saturated rings. The van der Waals surface area contributed by atoms with Crippen LogP contribution in [0.5, 0.6) is 5.75 Å². The predicted octanol–water partition coefficient (Wildman–Crippen LogP) is 1.96. The molecule has 1 aromatic carbocycles. The molecule has 1 aromatic rings. The Bertz CT molecular complexity index is 331. The molecule has 1 N–H and O–H groups in total. The van der Waals surface area contributed by atoms with Crippen molar-refractivity contribution in [1.82, 2.24) is 5.32 Å². The fraction of sp³-hybridized carbons (Fsp3) is 0.500. The standard InChI is InChI=1S/C12H18FNO2/c1-9(7-14-2)16-8-10-4-5-12(15-3)11(13)6-10/h4-6,9,14H,7-8H2,1-3H3. The highest BCUT2D eigenvalue weighted by Gasteiger charge is 2.05. The van der Waals surface area contributed by atoms with Crippen molar-refractivity contribution >= 4 is 0 Å². The Balaban J connectivity index is 2.51. The lowest BCUT2D eigenvalue weighted by molar-refractivity contribution is 0.0543. The second kappa shape index (κ2) is 6.45. The summed E-state index contributed by atoms with van der Waals surface area (Å²) in [7, 11) is 3.32. The van der Waals surface area contributed by atoms with E-state index in [0.29, 0.717) is 6.61 Å². The topological polar surface area (TPSA) is 30.5 Å². The second-order valence-electron chi connectivity index (χ2n) is 3.65. The Morgan fingerprint density at radius 1 is 1.44 bits per heavy atom. The van der Waals surface area contributed by atoms with E-state index < -0.39 is 0 Å². The normalized spacial score (nSPS) is 12.5. The summed E-state index contributed by atoms with van der Waals surface area (Å²) in [6.07, 6.45) is 0.107. The zero-order valence-corrected chi connectivity index (χ0v) is 9.92. The van der Waals surface area contributed by atoms with Crippen molar-refractivity contribution in [3.63, 3.8) is 0 Å². The molecule has 1 rings (SSSR count). The molecule has 90 valence electrons. The first-order chi connectivity index (χ1) is 7.67. The molecule has 4 heteroatoms.